The lowest BCUT2D eigenvalue weighted by Gasteiger charge is -2.48. The molecule has 0 amide bonds. The monoisotopic (exact) mass is 306 g/mol. The third kappa shape index (κ3) is 2.17. The molecule has 0 aromatic heterocycles. The Kier molecular flexibility index (Phi) is 3.55. The van der Waals surface area contributed by atoms with E-state index in [-0.39, 0.29) is 0 Å². The Bertz CT molecular complexity index is 677. The Morgan fingerprint density at radius 1 is 1.26 bits per heavy atom. The zero-order chi connectivity index (χ0) is 16.2. The molecule has 3 aliphatic rings. The van der Waals surface area contributed by atoms with Crippen LogP contribution in [0.4, 0.5) is 0 Å². The maximum atomic E-state index is 4.06. The number of fused-ring (bicyclic) bond motifs is 5. The van der Waals surface area contributed by atoms with Crippen LogP contribution < -0.4 is 0 Å². The molecule has 0 spiro atoms. The molecule has 122 valence electrons. The molecule has 0 N–H and O–H groups in total. The van der Waals surface area contributed by atoms with Crippen LogP contribution in [-0.4, -0.2) is 0 Å². The van der Waals surface area contributed by atoms with Gasteiger partial charge in [-0.2, -0.15) is 0 Å². The minimum Gasteiger partial charge on any atom is -0.103 e. The number of aryl methyl sites for hydroxylation is 2. The number of hydrogen-bond donors (Lipinski definition) is 0. The molecule has 4 atom stereocenters. The summed E-state index contributed by atoms with van der Waals surface area (Å²) in [5.41, 5.74) is 8.51. The smallest absolute Gasteiger partial charge is 0.0119 e. The van der Waals surface area contributed by atoms with Crippen LogP contribution in [0, 0.1) is 30.1 Å². The average molecular weight is 306 g/mol. The molecular weight excluding hydrogens is 276 g/mol. The van der Waals surface area contributed by atoms with Crippen molar-refractivity contribution in [1.29, 1.82) is 0 Å². The van der Waals surface area contributed by atoms with E-state index >= 15 is 0 Å². The van der Waals surface area contributed by atoms with Crippen molar-refractivity contribution >= 4 is 5.57 Å². The van der Waals surface area contributed by atoms with E-state index in [9.17, 15) is 0 Å². The second-order valence-corrected chi connectivity index (χ2v) is 8.58. The Morgan fingerprint density at radius 3 is 2.87 bits per heavy atom. The van der Waals surface area contributed by atoms with E-state index in [0.717, 1.165) is 24.2 Å². The van der Waals surface area contributed by atoms with E-state index in [1.54, 1.807) is 22.3 Å². The van der Waals surface area contributed by atoms with Gasteiger partial charge in [0.05, 0.1) is 0 Å². The van der Waals surface area contributed by atoms with Crippen LogP contribution in [0.25, 0.3) is 5.57 Å². The number of rotatable bonds is 2. The van der Waals surface area contributed by atoms with E-state index in [0.29, 0.717) is 5.41 Å². The van der Waals surface area contributed by atoms with Crippen molar-refractivity contribution in [2.45, 2.75) is 59.3 Å². The zero-order valence-electron chi connectivity index (χ0n) is 15.0. The molecule has 23 heavy (non-hydrogen) atoms. The van der Waals surface area contributed by atoms with Crippen LogP contribution in [0.3, 0.4) is 0 Å². The average Bonchev–Trinajstić information content (AvgIpc) is 2.82. The van der Waals surface area contributed by atoms with Crippen LogP contribution in [-0.2, 0) is 6.42 Å². The normalized spacial score (nSPS) is 35.5. The van der Waals surface area contributed by atoms with Gasteiger partial charge < -0.3 is 0 Å². The predicted octanol–water partition coefficient (Wildman–Crippen LogP) is 6.34. The topological polar surface area (TPSA) is 0 Å². The van der Waals surface area contributed by atoms with Gasteiger partial charge in [-0.05, 0) is 85.3 Å². The van der Waals surface area contributed by atoms with E-state index in [2.05, 4.69) is 51.6 Å². The fraction of sp³-hybridized carbons (Fsp3) is 0.565. The fourth-order valence-corrected chi connectivity index (χ4v) is 6.03. The van der Waals surface area contributed by atoms with Crippen molar-refractivity contribution in [3.8, 4) is 0 Å². The molecule has 0 radical (unpaired) electrons. The highest BCUT2D eigenvalue weighted by Gasteiger charge is 2.52. The Balaban J connectivity index is 1.89. The summed E-state index contributed by atoms with van der Waals surface area (Å²) in [6.07, 6.45) is 10.00. The van der Waals surface area contributed by atoms with E-state index in [1.165, 1.54) is 37.7 Å². The molecule has 4 unspecified atom stereocenters. The number of allylic oxidation sites excluding steroid dienone is 3. The quantitative estimate of drug-likeness (QED) is 0.559. The highest BCUT2D eigenvalue weighted by atomic mass is 14.6. The largest absolute Gasteiger partial charge is 0.103 e. The van der Waals surface area contributed by atoms with Crippen LogP contribution in [0.5, 0.6) is 0 Å². The summed E-state index contributed by atoms with van der Waals surface area (Å²) in [6, 6.07) is 7.15. The first-order chi connectivity index (χ1) is 11.0. The predicted molar refractivity (Wildman–Crippen MR) is 99.3 cm³/mol. The molecule has 0 saturated heterocycles. The summed E-state index contributed by atoms with van der Waals surface area (Å²) in [5.74, 6) is 2.56. The third-order valence-electron chi connectivity index (χ3n) is 7.38. The van der Waals surface area contributed by atoms with Gasteiger partial charge in [-0.3, -0.25) is 0 Å². The Hall–Kier alpha value is -1.30. The molecule has 3 aliphatic carbocycles. The van der Waals surface area contributed by atoms with Crippen LogP contribution in [0.1, 0.15) is 62.6 Å². The molecular formula is C23H30. The molecule has 0 bridgehead atoms. The lowest BCUT2D eigenvalue weighted by atomic mass is 9.56. The molecule has 0 aliphatic heterocycles. The summed E-state index contributed by atoms with van der Waals surface area (Å²) in [6.45, 7) is 11.4. The van der Waals surface area contributed by atoms with Gasteiger partial charge in [0.15, 0.2) is 0 Å². The Labute approximate surface area is 141 Å². The first-order valence-electron chi connectivity index (χ1n) is 9.47. The first kappa shape index (κ1) is 15.2. The van der Waals surface area contributed by atoms with Gasteiger partial charge in [0.2, 0.25) is 0 Å². The second-order valence-electron chi connectivity index (χ2n) is 8.58. The number of benzene rings is 1. The summed E-state index contributed by atoms with van der Waals surface area (Å²) < 4.78 is 0. The maximum absolute atomic E-state index is 4.06. The van der Waals surface area contributed by atoms with Crippen molar-refractivity contribution in [2.24, 2.45) is 23.2 Å². The van der Waals surface area contributed by atoms with Crippen molar-refractivity contribution in [2.75, 3.05) is 0 Å². The molecule has 1 aromatic rings. The maximum Gasteiger partial charge on any atom is -0.0119 e. The van der Waals surface area contributed by atoms with Crippen molar-refractivity contribution in [3.05, 3.63) is 53.1 Å². The lowest BCUT2D eigenvalue weighted by Crippen LogP contribution is -2.39. The SMILES string of the molecule is C=CCC1=C2c3ccc(C)cc3CCC2C2CCC(C)C2(C)C1. The minimum atomic E-state index is 0.523. The van der Waals surface area contributed by atoms with E-state index < -0.39 is 0 Å². The highest BCUT2D eigenvalue weighted by Crippen LogP contribution is 2.62. The van der Waals surface area contributed by atoms with Gasteiger partial charge in [-0.1, -0.05) is 49.3 Å². The molecule has 1 aromatic carbocycles. The van der Waals surface area contributed by atoms with Gasteiger partial charge in [-0.15, -0.1) is 6.58 Å². The standard InChI is InChI=1S/C23H30/c1-5-6-18-14-23(4)16(3)8-12-21(23)20-11-9-17-13-15(2)7-10-19(17)22(18)20/h5,7,10,13,16,20-21H,1,6,8-9,11-12,14H2,2-4H3. The second kappa shape index (κ2) is 5.36. The van der Waals surface area contributed by atoms with Crippen LogP contribution in [0.15, 0.2) is 36.4 Å². The van der Waals surface area contributed by atoms with Gasteiger partial charge in [-0.25, -0.2) is 0 Å². The number of hydrogen-bond acceptors (Lipinski definition) is 0. The first-order valence-corrected chi connectivity index (χ1v) is 9.47. The van der Waals surface area contributed by atoms with Crippen LogP contribution in [0.2, 0.25) is 0 Å². The highest BCUT2D eigenvalue weighted by molar-refractivity contribution is 5.76. The molecule has 0 heterocycles. The summed E-state index contributed by atoms with van der Waals surface area (Å²) in [4.78, 5) is 0. The molecule has 4 rings (SSSR count). The fourth-order valence-electron chi connectivity index (χ4n) is 6.03. The van der Waals surface area contributed by atoms with Crippen LogP contribution >= 0.6 is 0 Å². The molecule has 0 heteroatoms. The molecule has 1 fully saturated rings. The molecule has 1 saturated carbocycles. The molecule has 0 nitrogen and oxygen atoms in total. The van der Waals surface area contributed by atoms with Gasteiger partial charge in [0, 0.05) is 0 Å². The van der Waals surface area contributed by atoms with Gasteiger partial charge in [0.25, 0.3) is 0 Å². The van der Waals surface area contributed by atoms with E-state index in [4.69, 9.17) is 0 Å². The van der Waals surface area contributed by atoms with Crippen molar-refractivity contribution < 1.29 is 0 Å². The summed E-state index contributed by atoms with van der Waals surface area (Å²) in [5, 5.41) is 0. The third-order valence-corrected chi connectivity index (χ3v) is 7.38. The lowest BCUT2D eigenvalue weighted by molar-refractivity contribution is 0.119. The summed E-state index contributed by atoms with van der Waals surface area (Å²) in [7, 11) is 0. The van der Waals surface area contributed by atoms with Gasteiger partial charge in [0.1, 0.15) is 0 Å². The van der Waals surface area contributed by atoms with Crippen molar-refractivity contribution in [1.82, 2.24) is 0 Å². The zero-order valence-corrected chi connectivity index (χ0v) is 15.0. The van der Waals surface area contributed by atoms with Gasteiger partial charge >= 0.3 is 0 Å². The minimum absolute atomic E-state index is 0.523. The Morgan fingerprint density at radius 2 is 2.09 bits per heavy atom. The van der Waals surface area contributed by atoms with E-state index in [1.807, 2.05) is 0 Å². The summed E-state index contributed by atoms with van der Waals surface area (Å²) >= 11 is 0. The van der Waals surface area contributed by atoms with Crippen molar-refractivity contribution in [3.63, 3.8) is 0 Å².